The van der Waals surface area contributed by atoms with E-state index in [1.807, 2.05) is 59.7 Å². The molecule has 4 rings (SSSR count). The van der Waals surface area contributed by atoms with Gasteiger partial charge in [0, 0.05) is 36.8 Å². The number of nitrogen functional groups attached to an aromatic ring is 1. The van der Waals surface area contributed by atoms with Crippen LogP contribution in [0.15, 0.2) is 28.7 Å². The molecule has 2 heterocycles. The van der Waals surface area contributed by atoms with Crippen LogP contribution in [0, 0.1) is 5.41 Å². The van der Waals surface area contributed by atoms with Crippen LogP contribution in [-0.4, -0.2) is 108 Å². The number of aromatic nitrogens is 1. The van der Waals surface area contributed by atoms with E-state index >= 15 is 0 Å². The first kappa shape index (κ1) is 47.5. The Hall–Kier alpha value is -3.49. The van der Waals surface area contributed by atoms with Crippen LogP contribution in [0.1, 0.15) is 76.6 Å². The number of fused-ring (bicyclic) bond motifs is 1. The van der Waals surface area contributed by atoms with Crippen LogP contribution in [0.4, 0.5) is 5.13 Å². The number of hydroxylamine groups is 2. The lowest BCUT2D eigenvalue weighted by molar-refractivity contribution is -0.161. The largest absolute Gasteiger partial charge is 0.486 e. The van der Waals surface area contributed by atoms with Gasteiger partial charge in [-0.3, -0.25) is 9.59 Å². The Labute approximate surface area is 309 Å². The second-order valence-electron chi connectivity index (χ2n) is 11.8. The van der Waals surface area contributed by atoms with Crippen LogP contribution in [0.25, 0.3) is 0 Å². The summed E-state index contributed by atoms with van der Waals surface area (Å²) in [6.45, 7) is 9.43. The fraction of sp³-hybridized carbons (Fsp3) is 0.576. The van der Waals surface area contributed by atoms with E-state index in [0.717, 1.165) is 48.3 Å². The van der Waals surface area contributed by atoms with Gasteiger partial charge < -0.3 is 51.5 Å². The van der Waals surface area contributed by atoms with Crippen LogP contribution in [-0.2, 0) is 29.9 Å². The number of nitrogens with one attached hydrogen (secondary N) is 3. The highest BCUT2D eigenvalue weighted by molar-refractivity contribution is 7.88. The van der Waals surface area contributed by atoms with Crippen LogP contribution >= 0.6 is 23.7 Å². The molecule has 0 radical (unpaired) electrons. The molecule has 16 nitrogen and oxygen atoms in total. The second kappa shape index (κ2) is 26.3. The van der Waals surface area contributed by atoms with Crippen molar-refractivity contribution in [3.05, 3.63) is 40.4 Å². The number of hydrogen-bond acceptors (Lipinski definition) is 17. The number of carbonyl (C=O) groups is 3. The summed E-state index contributed by atoms with van der Waals surface area (Å²) in [6.07, 6.45) is 8.55. The summed E-state index contributed by atoms with van der Waals surface area (Å²) >= 11 is 1.39. The van der Waals surface area contributed by atoms with Crippen molar-refractivity contribution in [1.29, 1.82) is 5.41 Å². The summed E-state index contributed by atoms with van der Waals surface area (Å²) in [5, 5.41) is 27.6. The van der Waals surface area contributed by atoms with Gasteiger partial charge in [0.1, 0.15) is 24.3 Å². The third kappa shape index (κ3) is 16.2. The zero-order chi connectivity index (χ0) is 39.0. The first-order chi connectivity index (χ1) is 24.4. The lowest BCUT2D eigenvalue weighted by Gasteiger charge is -2.37. The molecule has 1 aliphatic carbocycles. The number of carbonyl (C=O) groups excluding carboxylic acids is 3. The molecule has 0 spiro atoms. The number of benzene rings is 1. The van der Waals surface area contributed by atoms with Crippen molar-refractivity contribution in [2.45, 2.75) is 102 Å². The number of thiazole rings is 1. The number of rotatable bonds is 13. The molecule has 1 amide bonds. The van der Waals surface area contributed by atoms with Crippen molar-refractivity contribution in [3.63, 3.8) is 0 Å². The zero-order valence-electron chi connectivity index (χ0n) is 30.5. The number of likely N-dealkylation sites (N-methyl/N-ethyl adjacent to an activating group) is 1. The number of aliphatic hydroxyl groups excluding tert-OH is 1. The highest BCUT2D eigenvalue weighted by atomic mass is 32.2. The second-order valence-corrected chi connectivity index (χ2v) is 13.0. The van der Waals surface area contributed by atoms with Gasteiger partial charge in [0.2, 0.25) is 6.41 Å². The fourth-order valence-corrected chi connectivity index (χ4v) is 5.77. The summed E-state index contributed by atoms with van der Waals surface area (Å²) in [5.74, 6) is 0.796. The van der Waals surface area contributed by atoms with Gasteiger partial charge in [-0.1, -0.05) is 11.6 Å². The lowest BCUT2D eigenvalue weighted by atomic mass is 9.92. The fourth-order valence-electron chi connectivity index (χ4n) is 4.91. The van der Waals surface area contributed by atoms with Crippen molar-refractivity contribution >= 4 is 60.2 Å². The summed E-state index contributed by atoms with van der Waals surface area (Å²) in [7, 11) is 4.81. The summed E-state index contributed by atoms with van der Waals surface area (Å²) in [5.41, 5.74) is 13.3. The third-order valence-corrected chi connectivity index (χ3v) is 9.26. The SMILES string of the molecule is C=O.CC(O/N=C(\C=O)c1csc(N)n1)C1CCc2cc(C=N)ccc2O1.CNC(C)C(C)(C)N(C=O)OSO.CNC1CCCC(N)C1.CO. The van der Waals surface area contributed by atoms with E-state index < -0.39 is 5.54 Å². The van der Waals surface area contributed by atoms with Crippen molar-refractivity contribution < 1.29 is 37.9 Å². The van der Waals surface area contributed by atoms with Gasteiger partial charge >= 0.3 is 0 Å². The molecule has 1 aliphatic heterocycles. The maximum atomic E-state index is 11.2. The number of aryl methyl sites for hydroxylation is 1. The number of aliphatic hydroxyl groups is 1. The van der Waals surface area contributed by atoms with Gasteiger partial charge in [0.15, 0.2) is 35.6 Å². The Balaban J connectivity index is 0.000000805. The van der Waals surface area contributed by atoms with Crippen LogP contribution in [0.3, 0.4) is 0 Å². The third-order valence-electron chi connectivity index (χ3n) is 8.36. The van der Waals surface area contributed by atoms with Crippen LogP contribution < -0.4 is 26.8 Å². The number of aldehydes is 1. The van der Waals surface area contributed by atoms with Crippen LogP contribution in [0.2, 0.25) is 0 Å². The Bertz CT molecular complexity index is 1320. The number of hydrogen-bond donors (Lipinski definition) is 7. The maximum absolute atomic E-state index is 11.2. The summed E-state index contributed by atoms with van der Waals surface area (Å²) < 4.78 is 19.1. The van der Waals surface area contributed by atoms with E-state index in [4.69, 9.17) is 40.9 Å². The van der Waals surface area contributed by atoms with Gasteiger partial charge in [0.25, 0.3) is 0 Å². The standard InChI is InChI=1S/C17H18N4O3S.C7H16N2O3S.C7H16N2.CH4O.CH2O/c1-10(24-21-13(8-22)14-9-25-17(19)20-14)15-5-3-12-6-11(7-18)2-4-16(12)23-15;1-6(8-4)7(2,3)9(5-10)12-13-11;1-9-7-4-2-3-6(8)5-7;2*1-2/h2,4,6-10,15,18H,3,5H2,1H3,(H2,19,20);5-6,8,11H,1-4H3;6-7,9H,2-5,8H2,1H3;2H,1H3;1H2/b18-7?,21-13+;;;;. The molecule has 1 aromatic carbocycles. The molecule has 2 aliphatic rings. The smallest absolute Gasteiger partial charge is 0.234 e. The summed E-state index contributed by atoms with van der Waals surface area (Å²) in [4.78, 5) is 39.3. The van der Waals surface area contributed by atoms with Gasteiger partial charge in [-0.05, 0) is 103 Å². The van der Waals surface area contributed by atoms with Gasteiger partial charge in [-0.2, -0.15) is 4.28 Å². The minimum absolute atomic E-state index is 0.0462. The Morgan fingerprint density at radius 3 is 2.43 bits per heavy atom. The number of anilines is 1. The number of nitrogens with zero attached hydrogens (tertiary/aromatic N) is 3. The van der Waals surface area contributed by atoms with Gasteiger partial charge in [-0.25, -0.2) is 10.0 Å². The highest BCUT2D eigenvalue weighted by Crippen LogP contribution is 2.30. The Kier molecular flexibility index (Phi) is 24.5. The number of oxime groups is 1. The molecule has 51 heavy (non-hydrogen) atoms. The minimum atomic E-state index is -0.522. The molecule has 9 N–H and O–H groups in total. The Morgan fingerprint density at radius 2 is 1.94 bits per heavy atom. The monoisotopic (exact) mass is 756 g/mol. The minimum Gasteiger partial charge on any atom is -0.486 e. The predicted octanol–water partition coefficient (Wildman–Crippen LogP) is 3.21. The first-order valence-electron chi connectivity index (χ1n) is 16.2. The molecule has 1 fully saturated rings. The molecular formula is C33H56N8O8S2. The topological polar surface area (TPSA) is 248 Å². The summed E-state index contributed by atoms with van der Waals surface area (Å²) in [6, 6.07) is 6.86. The molecule has 2 aromatic rings. The highest BCUT2D eigenvalue weighted by Gasteiger charge is 2.33. The van der Waals surface area contributed by atoms with E-state index in [2.05, 4.69) is 25.1 Å². The zero-order valence-corrected chi connectivity index (χ0v) is 32.2. The van der Waals surface area contributed by atoms with Crippen molar-refractivity contribution in [2.24, 2.45) is 10.9 Å². The lowest BCUT2D eigenvalue weighted by Crippen LogP contribution is -2.54. The average molecular weight is 757 g/mol. The van der Waals surface area contributed by atoms with E-state index in [1.165, 1.54) is 36.8 Å². The van der Waals surface area contributed by atoms with E-state index in [9.17, 15) is 9.59 Å². The van der Waals surface area contributed by atoms with E-state index in [1.54, 1.807) is 12.4 Å². The molecule has 18 heteroatoms. The van der Waals surface area contributed by atoms with Crippen LogP contribution in [0.5, 0.6) is 5.75 Å². The molecule has 288 valence electrons. The molecular weight excluding hydrogens is 701 g/mol. The number of ether oxygens (including phenoxy) is 1. The number of amides is 1. The van der Waals surface area contributed by atoms with E-state index in [-0.39, 0.29) is 36.3 Å². The molecule has 5 atom stereocenters. The van der Waals surface area contributed by atoms with Crippen molar-refractivity contribution in [2.75, 3.05) is 26.9 Å². The van der Waals surface area contributed by atoms with Crippen molar-refractivity contribution in [3.8, 4) is 5.75 Å². The number of nitrogens with two attached hydrogens (primary N) is 2. The quantitative estimate of drug-likeness (QED) is 0.0672. The molecule has 0 saturated heterocycles. The van der Waals surface area contributed by atoms with Crippen molar-refractivity contribution in [1.82, 2.24) is 20.7 Å². The molecule has 1 saturated carbocycles. The first-order valence-corrected chi connectivity index (χ1v) is 17.8. The van der Waals surface area contributed by atoms with Gasteiger partial charge in [-0.15, -0.1) is 11.3 Å². The Morgan fingerprint density at radius 1 is 1.25 bits per heavy atom. The molecule has 0 bridgehead atoms. The van der Waals surface area contributed by atoms with E-state index in [0.29, 0.717) is 35.6 Å². The molecule has 1 aromatic heterocycles. The predicted molar refractivity (Wildman–Crippen MR) is 203 cm³/mol. The average Bonchev–Trinajstić information content (AvgIpc) is 3.60. The normalized spacial score (nSPS) is 19.0. The maximum Gasteiger partial charge on any atom is 0.234 e. The molecule has 5 unspecified atom stereocenters. The van der Waals surface area contributed by atoms with Gasteiger partial charge in [0.05, 0.1) is 5.54 Å².